The average Bonchev–Trinajstić information content (AvgIpc) is 2.69. The fourth-order valence-electron chi connectivity index (χ4n) is 3.18. The Balaban J connectivity index is 1.25. The van der Waals surface area contributed by atoms with E-state index in [1.807, 2.05) is 0 Å². The van der Waals surface area contributed by atoms with E-state index in [0.717, 1.165) is 25.5 Å². The maximum absolute atomic E-state index is 10.9. The Kier molecular flexibility index (Phi) is 8.10. The molecule has 0 aromatic carbocycles. The summed E-state index contributed by atoms with van der Waals surface area (Å²) in [5.74, 6) is 0.710. The molecule has 0 bridgehead atoms. The third kappa shape index (κ3) is 6.02. The highest BCUT2D eigenvalue weighted by Crippen LogP contribution is 2.42. The maximum Gasteiger partial charge on any atom is 0.168 e. The molecule has 1 saturated heterocycles. The summed E-state index contributed by atoms with van der Waals surface area (Å²) >= 11 is 0. The van der Waals surface area contributed by atoms with Crippen molar-refractivity contribution in [3.05, 3.63) is 23.8 Å². The smallest absolute Gasteiger partial charge is 0.168 e. The van der Waals surface area contributed by atoms with Crippen LogP contribution < -0.4 is 0 Å². The van der Waals surface area contributed by atoms with Gasteiger partial charge in [-0.05, 0) is 18.9 Å². The van der Waals surface area contributed by atoms with E-state index in [1.165, 1.54) is 0 Å². The van der Waals surface area contributed by atoms with Crippen LogP contribution in [0.3, 0.4) is 0 Å². The van der Waals surface area contributed by atoms with Crippen LogP contribution in [0.25, 0.3) is 0 Å². The lowest BCUT2D eigenvalue weighted by molar-refractivity contribution is -0.118. The van der Waals surface area contributed by atoms with Crippen LogP contribution in [-0.4, -0.2) is 81.8 Å². The second-order valence-electron chi connectivity index (χ2n) is 6.86. The Morgan fingerprint density at radius 2 is 1.96 bits per heavy atom. The second-order valence-corrected chi connectivity index (χ2v) is 6.86. The Hall–Kier alpha value is -1.45. The Morgan fingerprint density at radius 3 is 2.67 bits per heavy atom. The molecule has 0 amide bonds. The van der Waals surface area contributed by atoms with Crippen molar-refractivity contribution in [2.24, 2.45) is 0 Å². The van der Waals surface area contributed by atoms with E-state index in [0.29, 0.717) is 71.0 Å². The summed E-state index contributed by atoms with van der Waals surface area (Å²) in [7, 11) is 0. The van der Waals surface area contributed by atoms with Gasteiger partial charge in [-0.2, -0.15) is 0 Å². The van der Waals surface area contributed by atoms with Crippen molar-refractivity contribution in [3.63, 3.8) is 0 Å². The van der Waals surface area contributed by atoms with Gasteiger partial charge in [0, 0.05) is 6.20 Å². The molecule has 8 nitrogen and oxygen atoms in total. The molecule has 1 saturated carbocycles. The predicted molar refractivity (Wildman–Crippen MR) is 96.0 cm³/mol. The van der Waals surface area contributed by atoms with Crippen molar-refractivity contribution in [1.29, 1.82) is 0 Å². The van der Waals surface area contributed by atoms with Gasteiger partial charge in [0.15, 0.2) is 6.29 Å². The lowest BCUT2D eigenvalue weighted by Crippen LogP contribution is -2.41. The molecule has 0 radical (unpaired) electrons. The molecule has 2 aliphatic rings. The molecule has 1 unspecified atom stereocenters. The fourth-order valence-corrected chi connectivity index (χ4v) is 3.18. The van der Waals surface area contributed by atoms with Gasteiger partial charge in [-0.1, -0.05) is 6.42 Å². The van der Waals surface area contributed by atoms with Crippen LogP contribution in [0.5, 0.6) is 0 Å². The first kappa shape index (κ1) is 20.3. The molecular formula is C19H28N2O6. The van der Waals surface area contributed by atoms with Crippen molar-refractivity contribution in [2.45, 2.75) is 30.8 Å². The second kappa shape index (κ2) is 10.8. The van der Waals surface area contributed by atoms with Gasteiger partial charge in [-0.15, -0.1) is 0 Å². The molecule has 0 spiro atoms. The zero-order chi connectivity index (χ0) is 18.8. The number of hydrogen-bond acceptors (Lipinski definition) is 8. The summed E-state index contributed by atoms with van der Waals surface area (Å²) in [5.41, 5.74) is 0.254. The zero-order valence-electron chi connectivity index (χ0n) is 15.6. The van der Waals surface area contributed by atoms with Crippen LogP contribution in [0, 0.1) is 0 Å². The van der Waals surface area contributed by atoms with Crippen molar-refractivity contribution >= 4 is 6.29 Å². The third-order valence-corrected chi connectivity index (χ3v) is 4.89. The number of ether oxygens (including phenoxy) is 5. The fraction of sp³-hybridized carbons (Fsp3) is 0.737. The SMILES string of the molecule is O=Cc1ccnc(C2(COCCOCCOCC3COCCO3)CCC2)n1. The number of aldehydes is 1. The van der Waals surface area contributed by atoms with Gasteiger partial charge in [0.25, 0.3) is 0 Å². The van der Waals surface area contributed by atoms with Crippen LogP contribution in [0.2, 0.25) is 0 Å². The lowest BCUT2D eigenvalue weighted by Gasteiger charge is -2.40. The van der Waals surface area contributed by atoms with E-state index in [2.05, 4.69) is 9.97 Å². The predicted octanol–water partition coefficient (Wildman–Crippen LogP) is 1.18. The first-order valence-electron chi connectivity index (χ1n) is 9.54. The molecular weight excluding hydrogens is 352 g/mol. The monoisotopic (exact) mass is 380 g/mol. The molecule has 8 heteroatoms. The highest BCUT2D eigenvalue weighted by atomic mass is 16.6. The third-order valence-electron chi connectivity index (χ3n) is 4.89. The Morgan fingerprint density at radius 1 is 1.15 bits per heavy atom. The van der Waals surface area contributed by atoms with Gasteiger partial charge >= 0.3 is 0 Å². The lowest BCUT2D eigenvalue weighted by atomic mass is 9.68. The van der Waals surface area contributed by atoms with E-state index < -0.39 is 0 Å². The summed E-state index contributed by atoms with van der Waals surface area (Å²) in [6.45, 7) is 5.03. The van der Waals surface area contributed by atoms with Crippen molar-refractivity contribution in [3.8, 4) is 0 Å². The molecule has 1 aromatic rings. The average molecular weight is 380 g/mol. The molecule has 2 heterocycles. The Labute approximate surface area is 159 Å². The topological polar surface area (TPSA) is 89.0 Å². The molecule has 0 N–H and O–H groups in total. The van der Waals surface area contributed by atoms with Gasteiger partial charge in [-0.25, -0.2) is 9.97 Å². The molecule has 3 rings (SSSR count). The molecule has 1 aliphatic carbocycles. The molecule has 1 atom stereocenters. The number of carbonyl (C=O) groups excluding carboxylic acids is 1. The molecule has 150 valence electrons. The molecule has 1 aliphatic heterocycles. The first-order valence-corrected chi connectivity index (χ1v) is 9.54. The highest BCUT2D eigenvalue weighted by molar-refractivity contribution is 5.71. The van der Waals surface area contributed by atoms with Crippen molar-refractivity contribution < 1.29 is 28.5 Å². The van der Waals surface area contributed by atoms with E-state index in [4.69, 9.17) is 23.7 Å². The molecule has 1 aromatic heterocycles. The highest BCUT2D eigenvalue weighted by Gasteiger charge is 2.41. The summed E-state index contributed by atoms with van der Waals surface area (Å²) in [6, 6.07) is 1.62. The van der Waals surface area contributed by atoms with Gasteiger partial charge in [-0.3, -0.25) is 4.79 Å². The van der Waals surface area contributed by atoms with Gasteiger partial charge in [0.05, 0.1) is 64.9 Å². The van der Waals surface area contributed by atoms with Crippen molar-refractivity contribution in [2.75, 3.05) is 59.5 Å². The summed E-state index contributed by atoms with van der Waals surface area (Å²) in [6.07, 6.45) is 5.51. The standard InChI is InChI=1S/C19H28N2O6/c22-12-16-2-5-20-18(21-16)19(3-1-4-19)15-26-9-7-23-6-8-24-13-17-14-25-10-11-27-17/h2,5,12,17H,1,3-4,6-11,13-15H2. The minimum absolute atomic E-state index is 0.0284. The number of carbonyl (C=O) groups is 1. The first-order chi connectivity index (χ1) is 13.3. The normalized spacial score (nSPS) is 21.6. The van der Waals surface area contributed by atoms with Crippen LogP contribution in [0.1, 0.15) is 35.6 Å². The van der Waals surface area contributed by atoms with Gasteiger partial charge < -0.3 is 23.7 Å². The minimum Gasteiger partial charge on any atom is -0.378 e. The maximum atomic E-state index is 10.9. The van der Waals surface area contributed by atoms with E-state index in [-0.39, 0.29) is 11.5 Å². The van der Waals surface area contributed by atoms with Gasteiger partial charge in [0.1, 0.15) is 17.6 Å². The van der Waals surface area contributed by atoms with Crippen LogP contribution in [0.4, 0.5) is 0 Å². The number of rotatable bonds is 12. The number of aromatic nitrogens is 2. The van der Waals surface area contributed by atoms with Crippen molar-refractivity contribution in [1.82, 2.24) is 9.97 Å². The summed E-state index contributed by atoms with van der Waals surface area (Å²) < 4.78 is 27.7. The summed E-state index contributed by atoms with van der Waals surface area (Å²) in [4.78, 5) is 19.6. The van der Waals surface area contributed by atoms with Crippen LogP contribution in [-0.2, 0) is 29.1 Å². The van der Waals surface area contributed by atoms with Gasteiger partial charge in [0.2, 0.25) is 0 Å². The van der Waals surface area contributed by atoms with Crippen LogP contribution >= 0.6 is 0 Å². The van der Waals surface area contributed by atoms with E-state index in [9.17, 15) is 4.79 Å². The zero-order valence-corrected chi connectivity index (χ0v) is 15.6. The number of nitrogens with zero attached hydrogens (tertiary/aromatic N) is 2. The molecule has 2 fully saturated rings. The minimum atomic E-state index is -0.163. The largest absolute Gasteiger partial charge is 0.378 e. The van der Waals surface area contributed by atoms with E-state index >= 15 is 0 Å². The van der Waals surface area contributed by atoms with E-state index in [1.54, 1.807) is 12.3 Å². The van der Waals surface area contributed by atoms with Crippen LogP contribution in [0.15, 0.2) is 12.3 Å². The Bertz CT molecular complexity index is 575. The quantitative estimate of drug-likeness (QED) is 0.394. The molecule has 27 heavy (non-hydrogen) atoms. The number of hydrogen-bond donors (Lipinski definition) is 0. The summed E-state index contributed by atoms with van der Waals surface area (Å²) in [5, 5.41) is 0.